The second-order valence-electron chi connectivity index (χ2n) is 12.7. The van der Waals surface area contributed by atoms with E-state index in [1.807, 2.05) is 0 Å². The van der Waals surface area contributed by atoms with E-state index < -0.39 is 47.3 Å². The van der Waals surface area contributed by atoms with Crippen LogP contribution in [-0.4, -0.2) is 97.9 Å². The average molecular weight is 612 g/mol. The summed E-state index contributed by atoms with van der Waals surface area (Å²) in [7, 11) is -2.64. The van der Waals surface area contributed by atoms with E-state index in [4.69, 9.17) is 28.4 Å². The summed E-state index contributed by atoms with van der Waals surface area (Å²) in [6, 6.07) is 0.506. The summed E-state index contributed by atoms with van der Waals surface area (Å²) >= 11 is 0. The Kier molecular flexibility index (Phi) is 15.1. The molecule has 236 valence electrons. The SMILES string of the molecule is COCOCC[C@H]1CCCC(OC(C)=O)[C@@]1(CCN(C(=O)OC(C)(C)C)S(=O)(=O)CC[Si](C)(C)C)COCOC. The van der Waals surface area contributed by atoms with Crippen molar-refractivity contribution in [3.8, 4) is 0 Å². The van der Waals surface area contributed by atoms with Crippen LogP contribution in [0, 0.1) is 11.3 Å². The van der Waals surface area contributed by atoms with E-state index >= 15 is 0 Å². The van der Waals surface area contributed by atoms with Crippen LogP contribution in [0.4, 0.5) is 4.79 Å². The molecule has 11 nitrogen and oxygen atoms in total. The fourth-order valence-corrected chi connectivity index (χ4v) is 9.37. The summed E-state index contributed by atoms with van der Waals surface area (Å²) in [5.41, 5.74) is -1.66. The molecule has 0 spiro atoms. The van der Waals surface area contributed by atoms with Crippen LogP contribution in [0.5, 0.6) is 0 Å². The van der Waals surface area contributed by atoms with Crippen LogP contribution in [0.15, 0.2) is 0 Å². The number of hydrogen-bond donors (Lipinski definition) is 0. The Morgan fingerprint density at radius 1 is 1.02 bits per heavy atom. The number of nitrogens with zero attached hydrogens (tertiary/aromatic N) is 1. The van der Waals surface area contributed by atoms with Crippen LogP contribution in [0.2, 0.25) is 25.7 Å². The van der Waals surface area contributed by atoms with Crippen LogP contribution in [0.25, 0.3) is 0 Å². The molecule has 0 bridgehead atoms. The Balaban J connectivity index is 3.47. The van der Waals surface area contributed by atoms with Crippen molar-refractivity contribution in [2.75, 3.05) is 53.3 Å². The summed E-state index contributed by atoms with van der Waals surface area (Å²) in [5, 5.41) is 0. The minimum atomic E-state index is -3.98. The van der Waals surface area contributed by atoms with E-state index in [1.54, 1.807) is 27.9 Å². The lowest BCUT2D eigenvalue weighted by molar-refractivity contribution is -0.179. The lowest BCUT2D eigenvalue weighted by Crippen LogP contribution is -2.53. The molecule has 1 rings (SSSR count). The number of carbonyl (C=O) groups is 2. The number of methoxy groups -OCH3 is 2. The van der Waals surface area contributed by atoms with Crippen molar-refractivity contribution in [3.63, 3.8) is 0 Å². The van der Waals surface area contributed by atoms with Gasteiger partial charge in [0.05, 0.1) is 12.4 Å². The minimum absolute atomic E-state index is 0.0196. The molecule has 1 aliphatic carbocycles. The predicted octanol–water partition coefficient (Wildman–Crippen LogP) is 4.63. The number of ether oxygens (including phenoxy) is 6. The van der Waals surface area contributed by atoms with E-state index in [0.29, 0.717) is 25.5 Å². The van der Waals surface area contributed by atoms with Gasteiger partial charge in [0.1, 0.15) is 25.3 Å². The maximum absolute atomic E-state index is 13.6. The van der Waals surface area contributed by atoms with Crippen LogP contribution < -0.4 is 0 Å². The average Bonchev–Trinajstić information content (AvgIpc) is 2.81. The third kappa shape index (κ3) is 12.7. The second-order valence-corrected chi connectivity index (χ2v) is 20.4. The fourth-order valence-electron chi connectivity index (χ4n) is 5.04. The van der Waals surface area contributed by atoms with Crippen LogP contribution >= 0.6 is 0 Å². The van der Waals surface area contributed by atoms with E-state index in [0.717, 1.165) is 17.1 Å². The Hall–Kier alpha value is -1.25. The van der Waals surface area contributed by atoms with Gasteiger partial charge in [-0.15, -0.1) is 0 Å². The summed E-state index contributed by atoms with van der Waals surface area (Å²) in [6.07, 6.45) is 1.62. The molecular formula is C27H53NO10SSi. The first-order chi connectivity index (χ1) is 18.5. The highest BCUT2D eigenvalue weighted by Crippen LogP contribution is 2.48. The zero-order chi connectivity index (χ0) is 30.6. The zero-order valence-electron chi connectivity index (χ0n) is 26.1. The van der Waals surface area contributed by atoms with Gasteiger partial charge in [-0.05, 0) is 64.8 Å². The highest BCUT2D eigenvalue weighted by Gasteiger charge is 2.50. The molecule has 13 heteroatoms. The van der Waals surface area contributed by atoms with Gasteiger partial charge in [0.2, 0.25) is 10.0 Å². The molecular weight excluding hydrogens is 558 g/mol. The third-order valence-electron chi connectivity index (χ3n) is 6.99. The first-order valence-corrected chi connectivity index (χ1v) is 19.3. The van der Waals surface area contributed by atoms with Crippen molar-refractivity contribution in [2.24, 2.45) is 11.3 Å². The Morgan fingerprint density at radius 2 is 1.65 bits per heavy atom. The van der Waals surface area contributed by atoms with Gasteiger partial charge >= 0.3 is 12.1 Å². The Labute approximate surface area is 242 Å². The van der Waals surface area contributed by atoms with Crippen LogP contribution in [0.3, 0.4) is 0 Å². The number of amides is 1. The zero-order valence-corrected chi connectivity index (χ0v) is 27.9. The van der Waals surface area contributed by atoms with Gasteiger partial charge in [-0.2, -0.15) is 0 Å². The van der Waals surface area contributed by atoms with Crippen molar-refractivity contribution in [2.45, 2.75) is 97.2 Å². The van der Waals surface area contributed by atoms with Crippen molar-refractivity contribution in [3.05, 3.63) is 0 Å². The highest BCUT2D eigenvalue weighted by molar-refractivity contribution is 7.89. The predicted molar refractivity (Wildman–Crippen MR) is 155 cm³/mol. The molecule has 0 aromatic heterocycles. The van der Waals surface area contributed by atoms with Gasteiger partial charge in [-0.25, -0.2) is 17.5 Å². The molecule has 40 heavy (non-hydrogen) atoms. The number of sulfonamides is 1. The molecule has 1 aliphatic rings. The van der Waals surface area contributed by atoms with Gasteiger partial charge in [0.25, 0.3) is 0 Å². The van der Waals surface area contributed by atoms with Crippen molar-refractivity contribution >= 4 is 30.2 Å². The van der Waals surface area contributed by atoms with Crippen LogP contribution in [-0.2, 0) is 43.2 Å². The van der Waals surface area contributed by atoms with Gasteiger partial charge in [0, 0.05) is 47.8 Å². The Bertz CT molecular complexity index is 887. The molecule has 1 amide bonds. The fraction of sp³-hybridized carbons (Fsp3) is 0.926. The number of carbonyl (C=O) groups excluding carboxylic acids is 2. The molecule has 0 radical (unpaired) electrons. The molecule has 0 N–H and O–H groups in total. The largest absolute Gasteiger partial charge is 0.462 e. The molecule has 0 aliphatic heterocycles. The molecule has 0 aromatic rings. The topological polar surface area (TPSA) is 127 Å². The lowest BCUT2D eigenvalue weighted by atomic mass is 9.62. The maximum atomic E-state index is 13.6. The van der Waals surface area contributed by atoms with Gasteiger partial charge in [0.15, 0.2) is 0 Å². The summed E-state index contributed by atoms with van der Waals surface area (Å²) in [6.45, 7) is 13.3. The first kappa shape index (κ1) is 36.8. The number of hydrogen-bond acceptors (Lipinski definition) is 10. The standard InChI is InChI=1S/C27H53NO10SSi/c1-22(29)37-24-12-10-11-23(13-16-35-20-33-5)27(24,19-36-21-34-6)14-15-28(25(30)38-26(2,3)4)39(31,32)17-18-40(7,8)9/h23-24H,10-21H2,1-9H3/t23-,24?,27+/m1/s1. The molecule has 0 aromatic carbocycles. The number of esters is 1. The summed E-state index contributed by atoms with van der Waals surface area (Å²) in [5.74, 6) is -0.606. The highest BCUT2D eigenvalue weighted by atomic mass is 32.2. The Morgan fingerprint density at radius 3 is 2.20 bits per heavy atom. The first-order valence-electron chi connectivity index (χ1n) is 14.0. The van der Waals surface area contributed by atoms with Crippen LogP contribution in [0.1, 0.15) is 59.8 Å². The van der Waals surface area contributed by atoms with Crippen molar-refractivity contribution in [1.82, 2.24) is 4.31 Å². The van der Waals surface area contributed by atoms with E-state index in [1.165, 1.54) is 14.0 Å². The van der Waals surface area contributed by atoms with E-state index in [9.17, 15) is 18.0 Å². The lowest BCUT2D eigenvalue weighted by Gasteiger charge is -2.49. The second kappa shape index (κ2) is 16.4. The number of rotatable bonds is 17. The van der Waals surface area contributed by atoms with E-state index in [2.05, 4.69) is 19.6 Å². The quantitative estimate of drug-likeness (QED) is 0.0994. The maximum Gasteiger partial charge on any atom is 0.424 e. The van der Waals surface area contributed by atoms with Gasteiger partial charge < -0.3 is 28.4 Å². The molecule has 3 atom stereocenters. The van der Waals surface area contributed by atoms with E-state index in [-0.39, 0.29) is 44.8 Å². The normalized spacial score (nSPS) is 22.1. The molecule has 1 unspecified atom stereocenters. The smallest absolute Gasteiger partial charge is 0.424 e. The molecule has 0 saturated heterocycles. The van der Waals surface area contributed by atoms with Gasteiger partial charge in [-0.3, -0.25) is 4.79 Å². The molecule has 0 heterocycles. The molecule has 1 fully saturated rings. The molecule has 1 saturated carbocycles. The van der Waals surface area contributed by atoms with Gasteiger partial charge in [-0.1, -0.05) is 19.6 Å². The van der Waals surface area contributed by atoms with Crippen molar-refractivity contribution in [1.29, 1.82) is 0 Å². The van der Waals surface area contributed by atoms with Crippen molar-refractivity contribution < 1.29 is 46.4 Å². The summed E-state index contributed by atoms with van der Waals surface area (Å²) < 4.78 is 61.1. The minimum Gasteiger partial charge on any atom is -0.462 e. The third-order valence-corrected chi connectivity index (χ3v) is 10.8. The summed E-state index contributed by atoms with van der Waals surface area (Å²) in [4.78, 5) is 25.5. The monoisotopic (exact) mass is 611 g/mol.